The van der Waals surface area contributed by atoms with Crippen molar-refractivity contribution < 1.29 is 9.84 Å². The van der Waals surface area contributed by atoms with Gasteiger partial charge in [0.2, 0.25) is 0 Å². The highest BCUT2D eigenvalue weighted by Crippen LogP contribution is 2.34. The molecule has 0 heterocycles. The average Bonchev–Trinajstić information content (AvgIpc) is 2.63. The standard InChI is InChI=1S/C18H28O2/c1-14-10-15(2)12-16(11-14)13-17(19)18(20-3)8-6-4-5-7-9-18/h10-12,17,19H,4-9,13H2,1-3H3. The number of methoxy groups -OCH3 is 1. The molecule has 0 bridgehead atoms. The molecule has 2 heteroatoms. The van der Waals surface area contributed by atoms with Crippen molar-refractivity contribution in [3.05, 3.63) is 34.9 Å². The molecular weight excluding hydrogens is 248 g/mol. The minimum atomic E-state index is -0.410. The van der Waals surface area contributed by atoms with Gasteiger partial charge in [0, 0.05) is 13.5 Å². The average molecular weight is 276 g/mol. The second-order valence-corrected chi connectivity index (χ2v) is 6.40. The molecule has 0 radical (unpaired) electrons. The van der Waals surface area contributed by atoms with Gasteiger partial charge < -0.3 is 9.84 Å². The van der Waals surface area contributed by atoms with Crippen molar-refractivity contribution in [2.24, 2.45) is 0 Å². The summed E-state index contributed by atoms with van der Waals surface area (Å²) in [5.41, 5.74) is 3.41. The second kappa shape index (κ2) is 6.73. The van der Waals surface area contributed by atoms with E-state index in [-0.39, 0.29) is 5.60 Å². The lowest BCUT2D eigenvalue weighted by molar-refractivity contribution is -0.111. The Kier molecular flexibility index (Phi) is 5.22. The molecule has 0 aromatic heterocycles. The zero-order valence-electron chi connectivity index (χ0n) is 13.1. The van der Waals surface area contributed by atoms with Gasteiger partial charge in [-0.2, -0.15) is 0 Å². The Morgan fingerprint density at radius 3 is 2.10 bits per heavy atom. The molecule has 1 aromatic rings. The third-order valence-electron chi connectivity index (χ3n) is 4.67. The van der Waals surface area contributed by atoms with Crippen LogP contribution in [0.15, 0.2) is 18.2 Å². The molecule has 0 aliphatic heterocycles. The predicted molar refractivity (Wildman–Crippen MR) is 83.1 cm³/mol. The summed E-state index contributed by atoms with van der Waals surface area (Å²) in [5.74, 6) is 0. The van der Waals surface area contributed by atoms with Crippen LogP contribution in [-0.4, -0.2) is 23.9 Å². The topological polar surface area (TPSA) is 29.5 Å². The van der Waals surface area contributed by atoms with Crippen molar-refractivity contribution >= 4 is 0 Å². The van der Waals surface area contributed by atoms with Gasteiger partial charge in [0.1, 0.15) is 0 Å². The zero-order chi connectivity index (χ0) is 14.6. The summed E-state index contributed by atoms with van der Waals surface area (Å²) in [6.45, 7) is 4.22. The molecule has 1 N–H and O–H groups in total. The molecule has 112 valence electrons. The minimum absolute atomic E-state index is 0.339. The summed E-state index contributed by atoms with van der Waals surface area (Å²) < 4.78 is 5.80. The van der Waals surface area contributed by atoms with Crippen molar-refractivity contribution in [1.29, 1.82) is 0 Å². The highest BCUT2D eigenvalue weighted by molar-refractivity contribution is 5.29. The molecule has 1 atom stereocenters. The van der Waals surface area contributed by atoms with Crippen LogP contribution in [0, 0.1) is 13.8 Å². The van der Waals surface area contributed by atoms with Gasteiger partial charge in [0.05, 0.1) is 11.7 Å². The van der Waals surface area contributed by atoms with E-state index in [2.05, 4.69) is 32.0 Å². The maximum absolute atomic E-state index is 10.8. The molecule has 1 aliphatic carbocycles. The fourth-order valence-corrected chi connectivity index (χ4v) is 3.60. The highest BCUT2D eigenvalue weighted by atomic mass is 16.5. The van der Waals surface area contributed by atoms with Crippen LogP contribution < -0.4 is 0 Å². The van der Waals surface area contributed by atoms with Crippen molar-refractivity contribution in [2.45, 2.75) is 70.5 Å². The van der Waals surface area contributed by atoms with Gasteiger partial charge in [-0.25, -0.2) is 0 Å². The Bertz CT molecular complexity index is 411. The van der Waals surface area contributed by atoms with E-state index in [0.717, 1.165) is 25.7 Å². The van der Waals surface area contributed by atoms with E-state index in [9.17, 15) is 5.11 Å². The fourth-order valence-electron chi connectivity index (χ4n) is 3.60. The Balaban J connectivity index is 2.13. The monoisotopic (exact) mass is 276 g/mol. The molecule has 0 spiro atoms. The van der Waals surface area contributed by atoms with Crippen molar-refractivity contribution in [1.82, 2.24) is 0 Å². The number of aliphatic hydroxyl groups excluding tert-OH is 1. The SMILES string of the molecule is COC1(C(O)Cc2cc(C)cc(C)c2)CCCCCC1. The van der Waals surface area contributed by atoms with Crippen molar-refractivity contribution in [3.8, 4) is 0 Å². The third-order valence-corrected chi connectivity index (χ3v) is 4.67. The highest BCUT2D eigenvalue weighted by Gasteiger charge is 2.38. The van der Waals surface area contributed by atoms with E-state index in [0.29, 0.717) is 6.42 Å². The normalized spacial score (nSPS) is 20.4. The number of rotatable bonds is 4. The molecule has 1 fully saturated rings. The summed E-state index contributed by atoms with van der Waals surface area (Å²) >= 11 is 0. The maximum atomic E-state index is 10.8. The van der Waals surface area contributed by atoms with Gasteiger partial charge in [-0.3, -0.25) is 0 Å². The zero-order valence-corrected chi connectivity index (χ0v) is 13.1. The first kappa shape index (κ1) is 15.5. The van der Waals surface area contributed by atoms with Gasteiger partial charge in [0.15, 0.2) is 0 Å². The van der Waals surface area contributed by atoms with E-state index in [4.69, 9.17) is 4.74 Å². The Morgan fingerprint density at radius 2 is 1.60 bits per heavy atom. The van der Waals surface area contributed by atoms with Crippen LogP contribution in [0.4, 0.5) is 0 Å². The lowest BCUT2D eigenvalue weighted by Gasteiger charge is -2.36. The molecule has 1 aliphatic rings. The van der Waals surface area contributed by atoms with E-state index in [1.54, 1.807) is 7.11 Å². The van der Waals surface area contributed by atoms with Crippen molar-refractivity contribution in [2.75, 3.05) is 7.11 Å². The molecule has 1 unspecified atom stereocenters. The summed E-state index contributed by atoms with van der Waals surface area (Å²) in [4.78, 5) is 0. The van der Waals surface area contributed by atoms with E-state index < -0.39 is 6.10 Å². The summed E-state index contributed by atoms with van der Waals surface area (Å²) in [5, 5.41) is 10.8. The van der Waals surface area contributed by atoms with Gasteiger partial charge >= 0.3 is 0 Å². The molecule has 2 rings (SSSR count). The van der Waals surface area contributed by atoms with E-state index in [1.807, 2.05) is 0 Å². The molecule has 0 amide bonds. The van der Waals surface area contributed by atoms with E-state index >= 15 is 0 Å². The second-order valence-electron chi connectivity index (χ2n) is 6.40. The molecule has 1 aromatic carbocycles. The first-order valence-corrected chi connectivity index (χ1v) is 7.86. The molecular formula is C18H28O2. The molecule has 1 saturated carbocycles. The van der Waals surface area contributed by atoms with Gasteiger partial charge in [-0.15, -0.1) is 0 Å². The quantitative estimate of drug-likeness (QED) is 0.844. The van der Waals surface area contributed by atoms with Crippen LogP contribution in [0.3, 0.4) is 0 Å². The number of aliphatic hydroxyl groups is 1. The minimum Gasteiger partial charge on any atom is -0.390 e. The van der Waals surface area contributed by atoms with Crippen LogP contribution in [0.1, 0.15) is 55.2 Å². The van der Waals surface area contributed by atoms with Gasteiger partial charge in [0.25, 0.3) is 0 Å². The molecule has 0 saturated heterocycles. The number of ether oxygens (including phenoxy) is 1. The Labute approximate surface area is 123 Å². The van der Waals surface area contributed by atoms with Crippen LogP contribution in [-0.2, 0) is 11.2 Å². The number of benzene rings is 1. The summed E-state index contributed by atoms with van der Waals surface area (Å²) in [6, 6.07) is 6.53. The fraction of sp³-hybridized carbons (Fsp3) is 0.667. The van der Waals surface area contributed by atoms with Crippen LogP contribution in [0.5, 0.6) is 0 Å². The largest absolute Gasteiger partial charge is 0.390 e. The van der Waals surface area contributed by atoms with Gasteiger partial charge in [-0.1, -0.05) is 55.0 Å². The first-order chi connectivity index (χ1) is 9.55. The van der Waals surface area contributed by atoms with E-state index in [1.165, 1.54) is 29.5 Å². The molecule has 20 heavy (non-hydrogen) atoms. The smallest absolute Gasteiger partial charge is 0.0939 e. The first-order valence-electron chi connectivity index (χ1n) is 7.86. The van der Waals surface area contributed by atoms with Gasteiger partial charge in [-0.05, 0) is 32.3 Å². The van der Waals surface area contributed by atoms with Crippen LogP contribution in [0.2, 0.25) is 0 Å². The third kappa shape index (κ3) is 3.62. The van der Waals surface area contributed by atoms with Crippen LogP contribution >= 0.6 is 0 Å². The summed E-state index contributed by atoms with van der Waals surface area (Å²) in [6.07, 6.45) is 7.10. The Morgan fingerprint density at radius 1 is 1.05 bits per heavy atom. The maximum Gasteiger partial charge on any atom is 0.0939 e. The lowest BCUT2D eigenvalue weighted by Crippen LogP contribution is -2.45. The number of aryl methyl sites for hydroxylation is 2. The lowest BCUT2D eigenvalue weighted by atomic mass is 9.84. The van der Waals surface area contributed by atoms with Crippen molar-refractivity contribution in [3.63, 3.8) is 0 Å². The number of hydrogen-bond acceptors (Lipinski definition) is 2. The predicted octanol–water partition coefficient (Wildman–Crippen LogP) is 3.95. The number of hydrogen-bond donors (Lipinski definition) is 1. The van der Waals surface area contributed by atoms with Crippen LogP contribution in [0.25, 0.3) is 0 Å². The Hall–Kier alpha value is -0.860. The summed E-state index contributed by atoms with van der Waals surface area (Å²) in [7, 11) is 1.76. The molecule has 2 nitrogen and oxygen atoms in total.